The van der Waals surface area contributed by atoms with Gasteiger partial charge in [-0.25, -0.2) is 0 Å². The zero-order valence-corrected chi connectivity index (χ0v) is 11.1. The first-order chi connectivity index (χ1) is 7.56. The summed E-state index contributed by atoms with van der Waals surface area (Å²) in [5.41, 5.74) is 0. The first kappa shape index (κ1) is 13.6. The number of ether oxygens (including phenoxy) is 1. The molecule has 1 aliphatic rings. The van der Waals surface area contributed by atoms with Crippen LogP contribution >= 0.6 is 0 Å². The molecule has 0 saturated carbocycles. The number of hydrogen-bond acceptors (Lipinski definition) is 4. The van der Waals surface area contributed by atoms with E-state index in [0.717, 1.165) is 25.3 Å². The van der Waals surface area contributed by atoms with Gasteiger partial charge in [0.15, 0.2) is 0 Å². The van der Waals surface area contributed by atoms with Crippen molar-refractivity contribution < 1.29 is 13.7 Å². The second-order valence-corrected chi connectivity index (χ2v) is 6.16. The fourth-order valence-corrected chi connectivity index (χ4v) is 3.35. The fraction of sp³-hybridized carbons (Fsp3) is 0.909. The quantitative estimate of drug-likeness (QED) is 0.689. The van der Waals surface area contributed by atoms with Crippen LogP contribution in [-0.2, 0) is 20.3 Å². The van der Waals surface area contributed by atoms with E-state index >= 15 is 0 Å². The smallest absolute Gasteiger partial charge is 0.305 e. The molecule has 94 valence electrons. The summed E-state index contributed by atoms with van der Waals surface area (Å²) in [6.45, 7) is 5.91. The predicted molar refractivity (Wildman–Crippen MR) is 64.8 cm³/mol. The molecule has 4 nitrogen and oxygen atoms in total. The lowest BCUT2D eigenvalue weighted by atomic mass is 10.2. The molecule has 0 bridgehead atoms. The van der Waals surface area contributed by atoms with Gasteiger partial charge in [0.25, 0.3) is 0 Å². The summed E-state index contributed by atoms with van der Waals surface area (Å²) in [7, 11) is 0.729. The van der Waals surface area contributed by atoms with Gasteiger partial charge in [-0.3, -0.25) is 13.9 Å². The molecule has 0 N–H and O–H groups in total. The van der Waals surface area contributed by atoms with E-state index in [1.807, 2.05) is 6.92 Å². The monoisotopic (exact) mass is 247 g/mol. The van der Waals surface area contributed by atoms with Gasteiger partial charge >= 0.3 is 5.97 Å². The van der Waals surface area contributed by atoms with Gasteiger partial charge in [-0.05, 0) is 26.8 Å². The van der Waals surface area contributed by atoms with Crippen LogP contribution in [0.1, 0.15) is 26.7 Å². The summed E-state index contributed by atoms with van der Waals surface area (Å²) in [5, 5.41) is 0.229. The van der Waals surface area contributed by atoms with Crippen LogP contribution < -0.4 is 0 Å². The third-order valence-corrected chi connectivity index (χ3v) is 5.11. The summed E-state index contributed by atoms with van der Waals surface area (Å²) in [6.07, 6.45) is 1.29. The van der Waals surface area contributed by atoms with Crippen molar-refractivity contribution in [3.05, 3.63) is 0 Å². The van der Waals surface area contributed by atoms with E-state index in [1.54, 1.807) is 0 Å². The maximum Gasteiger partial charge on any atom is 0.305 e. The third kappa shape index (κ3) is 3.56. The zero-order valence-electron chi connectivity index (χ0n) is 10.3. The average molecular weight is 247 g/mol. The van der Waals surface area contributed by atoms with Crippen molar-refractivity contribution in [3.8, 4) is 0 Å². The minimum Gasteiger partial charge on any atom is -0.469 e. The number of hydrogen-bond donors (Lipinski definition) is 0. The van der Waals surface area contributed by atoms with Crippen LogP contribution in [0.15, 0.2) is 0 Å². The summed E-state index contributed by atoms with van der Waals surface area (Å²) in [4.78, 5) is 13.3. The van der Waals surface area contributed by atoms with E-state index < -0.39 is 10.8 Å². The second kappa shape index (κ2) is 6.35. The molecule has 0 radical (unpaired) electrons. The van der Waals surface area contributed by atoms with Crippen molar-refractivity contribution in [1.29, 1.82) is 0 Å². The lowest BCUT2D eigenvalue weighted by molar-refractivity contribution is -0.140. The molecule has 0 aromatic heterocycles. The molecular weight excluding hydrogens is 226 g/mol. The Hall–Kier alpha value is -0.420. The Labute approximate surface area is 99.8 Å². The van der Waals surface area contributed by atoms with Crippen LogP contribution in [0.4, 0.5) is 0 Å². The number of carbonyl (C=O) groups excluding carboxylic acids is 1. The SMILES string of the molecule is COC(=O)CCCN1CC[S@](=O)[C@@H](C)[C@@H]1C. The Morgan fingerprint density at radius 2 is 2.19 bits per heavy atom. The Bertz CT molecular complexity index is 270. The van der Waals surface area contributed by atoms with E-state index in [0.29, 0.717) is 12.5 Å². The molecule has 0 aromatic carbocycles. The summed E-state index contributed by atoms with van der Waals surface area (Å²) in [5.74, 6) is 0.602. The summed E-state index contributed by atoms with van der Waals surface area (Å²) >= 11 is 0. The van der Waals surface area contributed by atoms with Crippen LogP contribution in [0.3, 0.4) is 0 Å². The number of carbonyl (C=O) groups is 1. The average Bonchev–Trinajstić information content (AvgIpc) is 2.29. The largest absolute Gasteiger partial charge is 0.469 e. The van der Waals surface area contributed by atoms with E-state index in [9.17, 15) is 9.00 Å². The van der Waals surface area contributed by atoms with Gasteiger partial charge < -0.3 is 4.74 Å². The van der Waals surface area contributed by atoms with Gasteiger partial charge in [0, 0.05) is 40.8 Å². The molecule has 0 aliphatic carbocycles. The maximum absolute atomic E-state index is 11.6. The Morgan fingerprint density at radius 1 is 1.50 bits per heavy atom. The van der Waals surface area contributed by atoms with Crippen LogP contribution in [0.2, 0.25) is 0 Å². The fourth-order valence-electron chi connectivity index (χ4n) is 1.96. The minimum absolute atomic E-state index is 0.152. The van der Waals surface area contributed by atoms with E-state index in [4.69, 9.17) is 0 Å². The van der Waals surface area contributed by atoms with E-state index in [-0.39, 0.29) is 11.2 Å². The zero-order chi connectivity index (χ0) is 12.1. The molecule has 1 aliphatic heterocycles. The lowest BCUT2D eigenvalue weighted by Crippen LogP contribution is -2.50. The van der Waals surface area contributed by atoms with E-state index in [1.165, 1.54) is 7.11 Å². The first-order valence-corrected chi connectivity index (χ1v) is 7.12. The maximum atomic E-state index is 11.6. The molecule has 0 amide bonds. The molecule has 16 heavy (non-hydrogen) atoms. The second-order valence-electron chi connectivity index (χ2n) is 4.25. The van der Waals surface area contributed by atoms with Crippen molar-refractivity contribution in [1.82, 2.24) is 4.90 Å². The highest BCUT2D eigenvalue weighted by atomic mass is 32.2. The minimum atomic E-state index is -0.685. The predicted octanol–water partition coefficient (Wildman–Crippen LogP) is 0.781. The van der Waals surface area contributed by atoms with Crippen LogP contribution in [-0.4, -0.2) is 52.3 Å². The summed E-state index contributed by atoms with van der Waals surface area (Å²) < 4.78 is 16.2. The van der Waals surface area contributed by atoms with Crippen molar-refractivity contribution >= 4 is 16.8 Å². The van der Waals surface area contributed by atoms with Crippen LogP contribution in [0.5, 0.6) is 0 Å². The van der Waals surface area contributed by atoms with Crippen molar-refractivity contribution in [2.45, 2.75) is 38.0 Å². The van der Waals surface area contributed by atoms with Crippen molar-refractivity contribution in [3.63, 3.8) is 0 Å². The Morgan fingerprint density at radius 3 is 2.81 bits per heavy atom. The molecule has 1 fully saturated rings. The standard InChI is InChI=1S/C11H21NO3S/c1-9-10(2)16(14)8-7-12(9)6-4-5-11(13)15-3/h9-10H,4-8H2,1-3H3/t9-,10-,16-/m0/s1. The van der Waals surface area contributed by atoms with E-state index in [2.05, 4.69) is 16.6 Å². The number of esters is 1. The van der Waals surface area contributed by atoms with Crippen LogP contribution in [0.25, 0.3) is 0 Å². The highest BCUT2D eigenvalue weighted by Crippen LogP contribution is 2.16. The highest BCUT2D eigenvalue weighted by Gasteiger charge is 2.29. The van der Waals surface area contributed by atoms with Gasteiger partial charge in [0.05, 0.1) is 7.11 Å². The molecule has 5 heteroatoms. The third-order valence-electron chi connectivity index (χ3n) is 3.30. The highest BCUT2D eigenvalue weighted by molar-refractivity contribution is 7.85. The number of methoxy groups -OCH3 is 1. The van der Waals surface area contributed by atoms with Gasteiger partial charge in [-0.1, -0.05) is 0 Å². The molecule has 0 spiro atoms. The normalized spacial score (nSPS) is 31.3. The Balaban J connectivity index is 2.32. The molecule has 1 saturated heterocycles. The van der Waals surface area contributed by atoms with Gasteiger partial charge in [0.2, 0.25) is 0 Å². The van der Waals surface area contributed by atoms with Crippen molar-refractivity contribution in [2.75, 3.05) is 26.0 Å². The number of nitrogens with zero attached hydrogens (tertiary/aromatic N) is 1. The molecule has 0 aromatic rings. The Kier molecular flexibility index (Phi) is 5.41. The van der Waals surface area contributed by atoms with Gasteiger partial charge in [0.1, 0.15) is 0 Å². The summed E-state index contributed by atoms with van der Waals surface area (Å²) in [6, 6.07) is 0.340. The van der Waals surface area contributed by atoms with Crippen LogP contribution in [0, 0.1) is 0 Å². The molecular formula is C11H21NO3S. The van der Waals surface area contributed by atoms with Gasteiger partial charge in [-0.2, -0.15) is 0 Å². The first-order valence-electron chi connectivity index (χ1n) is 5.74. The molecule has 1 rings (SSSR count). The number of rotatable bonds is 4. The van der Waals surface area contributed by atoms with Gasteiger partial charge in [-0.15, -0.1) is 0 Å². The molecule has 0 unspecified atom stereocenters. The molecule has 1 heterocycles. The molecule has 3 atom stereocenters. The van der Waals surface area contributed by atoms with Crippen molar-refractivity contribution in [2.24, 2.45) is 0 Å². The lowest BCUT2D eigenvalue weighted by Gasteiger charge is -2.37. The topological polar surface area (TPSA) is 46.6 Å².